The number of ether oxygens (including phenoxy) is 1. The van der Waals surface area contributed by atoms with Gasteiger partial charge >= 0.3 is 5.69 Å². The number of nitroso groups, excluding NO2 is 1. The monoisotopic (exact) mass is 252 g/mol. The van der Waals surface area contributed by atoms with E-state index in [4.69, 9.17) is 12.7 Å². The van der Waals surface area contributed by atoms with Crippen LogP contribution in [0.4, 0.5) is 5.82 Å². The maximum absolute atomic E-state index is 11.7. The topological polar surface area (TPSA) is 85.6 Å². The van der Waals surface area contributed by atoms with Crippen LogP contribution in [-0.4, -0.2) is 36.1 Å². The van der Waals surface area contributed by atoms with Gasteiger partial charge < -0.3 is 9.96 Å². The van der Waals surface area contributed by atoms with Crippen LogP contribution >= 0.6 is 11.8 Å². The van der Waals surface area contributed by atoms with Gasteiger partial charge in [0, 0.05) is 6.20 Å². The molecule has 9 heteroatoms. The van der Waals surface area contributed by atoms with Crippen molar-refractivity contribution in [2.45, 2.75) is 10.8 Å². The maximum atomic E-state index is 11.7. The standard InChI is InChI=1S/C8H9BN4O3S/c9-12-5-1-2-13(8(14)11-5)6-4-16-7(17-6)3-10-15/h1-2,6-7H,3-4H2,(H,11,12,14)/t6-,7-/m1/s1. The van der Waals surface area contributed by atoms with E-state index in [1.54, 1.807) is 12.3 Å². The summed E-state index contributed by atoms with van der Waals surface area (Å²) >= 11 is 1.37. The van der Waals surface area contributed by atoms with Gasteiger partial charge in [0.15, 0.2) is 0 Å². The van der Waals surface area contributed by atoms with Crippen molar-refractivity contribution in [2.75, 3.05) is 18.4 Å². The second-order valence-electron chi connectivity index (χ2n) is 3.31. The molecular formula is C8H9BN4O3S. The average molecular weight is 252 g/mol. The van der Waals surface area contributed by atoms with Crippen LogP contribution in [0, 0.1) is 4.91 Å². The lowest BCUT2D eigenvalue weighted by Gasteiger charge is -2.11. The zero-order valence-electron chi connectivity index (χ0n) is 8.78. The third-order valence-electron chi connectivity index (χ3n) is 2.25. The van der Waals surface area contributed by atoms with E-state index in [2.05, 4.69) is 15.4 Å². The van der Waals surface area contributed by atoms with Gasteiger partial charge in [-0.15, -0.1) is 11.8 Å². The van der Waals surface area contributed by atoms with Crippen LogP contribution in [0.25, 0.3) is 0 Å². The Morgan fingerprint density at radius 3 is 3.24 bits per heavy atom. The van der Waals surface area contributed by atoms with Crippen LogP contribution in [0.1, 0.15) is 5.37 Å². The lowest BCUT2D eigenvalue weighted by Crippen LogP contribution is -2.26. The molecule has 1 aromatic rings. The quantitative estimate of drug-likeness (QED) is 0.603. The number of nitrogens with one attached hydrogen (secondary N) is 1. The van der Waals surface area contributed by atoms with Gasteiger partial charge in [-0.25, -0.2) is 4.79 Å². The Hall–Kier alpha value is -1.35. The second-order valence-corrected chi connectivity index (χ2v) is 4.65. The van der Waals surface area contributed by atoms with Crippen molar-refractivity contribution in [1.29, 1.82) is 0 Å². The number of aromatic nitrogens is 2. The van der Waals surface area contributed by atoms with Gasteiger partial charge in [-0.2, -0.15) is 9.89 Å². The van der Waals surface area contributed by atoms with Gasteiger partial charge in [-0.1, -0.05) is 5.18 Å². The fourth-order valence-electron chi connectivity index (χ4n) is 1.46. The zero-order valence-corrected chi connectivity index (χ0v) is 9.59. The van der Waals surface area contributed by atoms with Gasteiger partial charge in [0.05, 0.1) is 6.61 Å². The second kappa shape index (κ2) is 5.32. The lowest BCUT2D eigenvalue weighted by molar-refractivity contribution is 0.130. The van der Waals surface area contributed by atoms with Gasteiger partial charge in [0.2, 0.25) is 7.98 Å². The molecule has 7 nitrogen and oxygen atoms in total. The van der Waals surface area contributed by atoms with E-state index in [9.17, 15) is 9.70 Å². The minimum absolute atomic E-state index is 0.0752. The Balaban J connectivity index is 2.13. The third-order valence-corrected chi connectivity index (χ3v) is 3.51. The fraction of sp³-hybridized carbons (Fsp3) is 0.500. The molecule has 1 aliphatic rings. The molecule has 0 saturated carbocycles. The highest BCUT2D eigenvalue weighted by molar-refractivity contribution is 8.00. The lowest BCUT2D eigenvalue weighted by atomic mass is 10.4. The van der Waals surface area contributed by atoms with Crippen molar-refractivity contribution in [1.82, 2.24) is 9.55 Å². The predicted molar refractivity (Wildman–Crippen MR) is 64.9 cm³/mol. The van der Waals surface area contributed by atoms with E-state index < -0.39 is 5.69 Å². The third kappa shape index (κ3) is 2.67. The van der Waals surface area contributed by atoms with Crippen LogP contribution in [0.5, 0.6) is 0 Å². The van der Waals surface area contributed by atoms with Crippen LogP contribution in [0.2, 0.25) is 0 Å². The summed E-state index contributed by atoms with van der Waals surface area (Å²) in [5.74, 6) is 0.307. The van der Waals surface area contributed by atoms with Crippen LogP contribution in [-0.2, 0) is 4.74 Å². The summed E-state index contributed by atoms with van der Waals surface area (Å²) in [6, 6.07) is 1.59. The molecular weight excluding hydrogens is 243 g/mol. The van der Waals surface area contributed by atoms with E-state index in [0.29, 0.717) is 12.4 Å². The molecule has 0 bridgehead atoms. The minimum Gasteiger partial charge on any atom is -0.422 e. The predicted octanol–water partition coefficient (Wildman–Crippen LogP) is 0.0932. The summed E-state index contributed by atoms with van der Waals surface area (Å²) in [6.07, 6.45) is 1.59. The molecule has 0 unspecified atom stereocenters. The molecule has 17 heavy (non-hydrogen) atoms. The minimum atomic E-state index is -0.415. The molecule has 1 aliphatic heterocycles. The van der Waals surface area contributed by atoms with E-state index >= 15 is 0 Å². The van der Waals surface area contributed by atoms with Crippen molar-refractivity contribution in [3.8, 4) is 0 Å². The maximum Gasteiger partial charge on any atom is 0.350 e. The molecule has 2 rings (SSSR count). The largest absolute Gasteiger partial charge is 0.422 e. The summed E-state index contributed by atoms with van der Waals surface area (Å²) in [6.45, 7) is 0.424. The summed E-state index contributed by atoms with van der Waals surface area (Å²) in [5, 5.41) is 4.88. The molecule has 0 aromatic carbocycles. The molecule has 2 radical (unpaired) electrons. The summed E-state index contributed by atoms with van der Waals surface area (Å²) in [7, 11) is 5.15. The number of hydrogen-bond acceptors (Lipinski definition) is 7. The first-order chi connectivity index (χ1) is 8.24. The first-order valence-corrected chi connectivity index (χ1v) is 5.81. The highest BCUT2D eigenvalue weighted by atomic mass is 32.2. The van der Waals surface area contributed by atoms with Crippen LogP contribution in [0.3, 0.4) is 0 Å². The van der Waals surface area contributed by atoms with E-state index in [1.807, 2.05) is 0 Å². The number of thioether (sulfide) groups is 1. The molecule has 0 spiro atoms. The molecule has 2 atom stereocenters. The molecule has 1 fully saturated rings. The summed E-state index contributed by atoms with van der Waals surface area (Å²) in [4.78, 5) is 25.5. The van der Waals surface area contributed by atoms with Crippen molar-refractivity contribution in [3.05, 3.63) is 27.7 Å². The highest BCUT2D eigenvalue weighted by Gasteiger charge is 2.28. The van der Waals surface area contributed by atoms with Crippen LogP contribution < -0.4 is 10.9 Å². The van der Waals surface area contributed by atoms with Gasteiger partial charge in [-0.3, -0.25) is 4.57 Å². The molecule has 1 N–H and O–H groups in total. The molecule has 1 aromatic heterocycles. The number of rotatable bonds is 4. The van der Waals surface area contributed by atoms with Crippen molar-refractivity contribution in [2.24, 2.45) is 5.18 Å². The SMILES string of the molecule is [B]Nc1ccn([C@H]2CO[C@@H](CN=O)S2)c(=O)n1. The van der Waals surface area contributed by atoms with E-state index in [1.165, 1.54) is 16.3 Å². The summed E-state index contributed by atoms with van der Waals surface area (Å²) < 4.78 is 6.75. The van der Waals surface area contributed by atoms with Gasteiger partial charge in [-0.05, 0) is 6.07 Å². The molecule has 0 aliphatic carbocycles. The summed E-state index contributed by atoms with van der Waals surface area (Å²) in [5.41, 5.74) is -0.710. The Kier molecular flexibility index (Phi) is 3.80. The van der Waals surface area contributed by atoms with Gasteiger partial charge in [0.1, 0.15) is 23.2 Å². The molecule has 2 heterocycles. The Morgan fingerprint density at radius 2 is 2.59 bits per heavy atom. The number of hydrogen-bond donors (Lipinski definition) is 1. The van der Waals surface area contributed by atoms with Crippen molar-refractivity contribution in [3.63, 3.8) is 0 Å². The Morgan fingerprint density at radius 1 is 1.76 bits per heavy atom. The molecule has 0 amide bonds. The first kappa shape index (κ1) is 12.1. The normalized spacial score (nSPS) is 23.5. The zero-order chi connectivity index (χ0) is 12.3. The van der Waals surface area contributed by atoms with E-state index in [0.717, 1.165) is 0 Å². The van der Waals surface area contributed by atoms with Crippen molar-refractivity contribution < 1.29 is 4.74 Å². The van der Waals surface area contributed by atoms with Crippen LogP contribution in [0.15, 0.2) is 22.2 Å². The Bertz CT molecular complexity index is 468. The van der Waals surface area contributed by atoms with E-state index in [-0.39, 0.29) is 17.4 Å². The number of anilines is 1. The fourth-order valence-corrected chi connectivity index (χ4v) is 2.56. The average Bonchev–Trinajstić information content (AvgIpc) is 2.78. The first-order valence-electron chi connectivity index (χ1n) is 4.86. The number of nitrogens with zero attached hydrogens (tertiary/aromatic N) is 3. The highest BCUT2D eigenvalue weighted by Crippen LogP contribution is 2.34. The Labute approximate surface area is 102 Å². The van der Waals surface area contributed by atoms with Crippen molar-refractivity contribution >= 4 is 25.6 Å². The van der Waals surface area contributed by atoms with Gasteiger partial charge in [0.25, 0.3) is 0 Å². The smallest absolute Gasteiger partial charge is 0.350 e. The molecule has 1 saturated heterocycles. The molecule has 88 valence electrons.